The Morgan fingerprint density at radius 2 is 1.78 bits per heavy atom. The maximum atomic E-state index is 4.27. The average molecular weight is 263 g/mol. The van der Waals surface area contributed by atoms with Crippen molar-refractivity contribution in [2.75, 3.05) is 19.5 Å². The van der Waals surface area contributed by atoms with Gasteiger partial charge in [0.1, 0.15) is 0 Å². The monoisotopic (exact) mass is 263 g/mol. The van der Waals surface area contributed by atoms with Gasteiger partial charge in [0.2, 0.25) is 0 Å². The van der Waals surface area contributed by atoms with E-state index >= 15 is 0 Å². The van der Waals surface area contributed by atoms with Gasteiger partial charge in [0.25, 0.3) is 0 Å². The predicted molar refractivity (Wildman–Crippen MR) is 82.5 cm³/mol. The van der Waals surface area contributed by atoms with Crippen LogP contribution < -0.4 is 0 Å². The van der Waals surface area contributed by atoms with Crippen LogP contribution >= 0.6 is 12.6 Å². The Kier molecular flexibility index (Phi) is 5.58. The normalized spacial score (nSPS) is 17.3. The molecule has 1 aromatic carbocycles. The average Bonchev–Trinajstić information content (AvgIpc) is 2.46. The van der Waals surface area contributed by atoms with Crippen molar-refractivity contribution in [1.82, 2.24) is 4.90 Å². The largest absolute Gasteiger partial charge is 0.297 e. The number of benzene rings is 1. The highest BCUT2D eigenvalue weighted by Gasteiger charge is 2.14. The van der Waals surface area contributed by atoms with Gasteiger partial charge in [-0.15, -0.1) is 0 Å². The first-order valence-electron chi connectivity index (χ1n) is 7.18. The summed E-state index contributed by atoms with van der Waals surface area (Å²) in [5.41, 5.74) is 3.00. The molecule has 0 heterocycles. The molecular formula is C16H25NS. The molecule has 18 heavy (non-hydrogen) atoms. The van der Waals surface area contributed by atoms with E-state index in [1.54, 1.807) is 5.56 Å². The zero-order valence-corrected chi connectivity index (χ0v) is 12.3. The summed E-state index contributed by atoms with van der Waals surface area (Å²) in [6, 6.07) is 9.34. The number of likely N-dealkylation sites (N-methyl/N-ethyl adjacent to an activating group) is 1. The lowest BCUT2D eigenvalue weighted by molar-refractivity contribution is 0.399. The fourth-order valence-corrected chi connectivity index (χ4v) is 2.92. The molecule has 2 rings (SSSR count). The standard InChI is InChI=1S/C16H25NS/c1-17(13-18)12-11-14-7-9-16(10-8-14)15-5-3-2-4-6-15/h7-10,15,18H,2-6,11-13H2,1H3. The Labute approximate surface area is 117 Å². The Balaban J connectivity index is 1.88. The lowest BCUT2D eigenvalue weighted by Crippen LogP contribution is -2.19. The van der Waals surface area contributed by atoms with Crippen LogP contribution in [0.25, 0.3) is 0 Å². The van der Waals surface area contributed by atoms with Gasteiger partial charge in [0.15, 0.2) is 0 Å². The lowest BCUT2D eigenvalue weighted by Gasteiger charge is -2.22. The predicted octanol–water partition coefficient (Wildman–Crippen LogP) is 4.10. The van der Waals surface area contributed by atoms with Crippen LogP contribution in [0.1, 0.15) is 49.1 Å². The molecule has 1 aliphatic carbocycles. The first kappa shape index (κ1) is 14.0. The molecule has 0 aromatic heterocycles. The molecule has 1 aliphatic rings. The SMILES string of the molecule is CN(CS)CCc1ccc(C2CCCCC2)cc1. The van der Waals surface area contributed by atoms with E-state index in [-0.39, 0.29) is 0 Å². The van der Waals surface area contributed by atoms with Gasteiger partial charge < -0.3 is 0 Å². The minimum atomic E-state index is 0.827. The molecule has 0 spiro atoms. The third-order valence-electron chi connectivity index (χ3n) is 4.08. The van der Waals surface area contributed by atoms with Crippen LogP contribution in [0.15, 0.2) is 24.3 Å². The number of nitrogens with zero attached hydrogens (tertiary/aromatic N) is 1. The molecule has 0 radical (unpaired) electrons. The fourth-order valence-electron chi connectivity index (χ4n) is 2.78. The number of hydrogen-bond acceptors (Lipinski definition) is 2. The summed E-state index contributed by atoms with van der Waals surface area (Å²) in [5.74, 6) is 1.66. The zero-order valence-electron chi connectivity index (χ0n) is 11.4. The van der Waals surface area contributed by atoms with E-state index in [0.29, 0.717) is 0 Å². The first-order valence-corrected chi connectivity index (χ1v) is 7.81. The van der Waals surface area contributed by atoms with Gasteiger partial charge in [0.05, 0.1) is 0 Å². The van der Waals surface area contributed by atoms with Crippen LogP contribution in [0.5, 0.6) is 0 Å². The Morgan fingerprint density at radius 3 is 2.39 bits per heavy atom. The van der Waals surface area contributed by atoms with Crippen LogP contribution in [0, 0.1) is 0 Å². The minimum Gasteiger partial charge on any atom is -0.297 e. The lowest BCUT2D eigenvalue weighted by atomic mass is 9.84. The van der Waals surface area contributed by atoms with Crippen LogP contribution in [0.2, 0.25) is 0 Å². The van der Waals surface area contributed by atoms with Gasteiger partial charge in [-0.3, -0.25) is 4.90 Å². The molecule has 2 heteroatoms. The highest BCUT2D eigenvalue weighted by molar-refractivity contribution is 7.80. The molecule has 0 amide bonds. The molecule has 1 nitrogen and oxygen atoms in total. The summed E-state index contributed by atoms with van der Waals surface area (Å²) in [7, 11) is 2.11. The Bertz CT molecular complexity index is 341. The molecule has 0 aliphatic heterocycles. The summed E-state index contributed by atoms with van der Waals surface area (Å²) < 4.78 is 0. The number of thiol groups is 1. The molecular weight excluding hydrogens is 238 g/mol. The quantitative estimate of drug-likeness (QED) is 0.618. The fraction of sp³-hybridized carbons (Fsp3) is 0.625. The van der Waals surface area contributed by atoms with Crippen molar-refractivity contribution in [1.29, 1.82) is 0 Å². The summed E-state index contributed by atoms with van der Waals surface area (Å²) in [4.78, 5) is 2.23. The van der Waals surface area contributed by atoms with Crippen LogP contribution in [-0.4, -0.2) is 24.4 Å². The van der Waals surface area contributed by atoms with E-state index in [0.717, 1.165) is 24.8 Å². The van der Waals surface area contributed by atoms with Gasteiger partial charge in [-0.2, -0.15) is 12.6 Å². The van der Waals surface area contributed by atoms with E-state index < -0.39 is 0 Å². The minimum absolute atomic E-state index is 0.827. The molecule has 0 bridgehead atoms. The number of hydrogen-bond donors (Lipinski definition) is 1. The second-order valence-corrected chi connectivity index (χ2v) is 5.83. The summed E-state index contributed by atoms with van der Waals surface area (Å²) in [5, 5.41) is 0. The van der Waals surface area contributed by atoms with Gasteiger partial charge in [-0.1, -0.05) is 43.5 Å². The maximum Gasteiger partial charge on any atom is 0.0411 e. The van der Waals surface area contributed by atoms with Crippen molar-refractivity contribution in [3.8, 4) is 0 Å². The molecule has 1 aromatic rings. The third kappa shape index (κ3) is 4.03. The molecule has 0 N–H and O–H groups in total. The van der Waals surface area contributed by atoms with Crippen LogP contribution in [-0.2, 0) is 6.42 Å². The van der Waals surface area contributed by atoms with Crippen molar-refractivity contribution in [2.45, 2.75) is 44.4 Å². The summed E-state index contributed by atoms with van der Waals surface area (Å²) in [6.45, 7) is 1.09. The van der Waals surface area contributed by atoms with Crippen molar-refractivity contribution < 1.29 is 0 Å². The van der Waals surface area contributed by atoms with E-state index in [9.17, 15) is 0 Å². The molecule has 0 saturated heterocycles. The van der Waals surface area contributed by atoms with E-state index in [2.05, 4.69) is 48.8 Å². The highest BCUT2D eigenvalue weighted by atomic mass is 32.1. The van der Waals surface area contributed by atoms with Crippen molar-refractivity contribution >= 4 is 12.6 Å². The number of rotatable bonds is 5. The second kappa shape index (κ2) is 7.20. The summed E-state index contributed by atoms with van der Waals surface area (Å²) >= 11 is 4.27. The Morgan fingerprint density at radius 1 is 1.11 bits per heavy atom. The third-order valence-corrected chi connectivity index (χ3v) is 4.56. The van der Waals surface area contributed by atoms with Crippen molar-refractivity contribution in [3.63, 3.8) is 0 Å². The van der Waals surface area contributed by atoms with E-state index in [1.165, 1.54) is 37.7 Å². The van der Waals surface area contributed by atoms with Crippen LogP contribution in [0.3, 0.4) is 0 Å². The first-order chi connectivity index (χ1) is 8.79. The van der Waals surface area contributed by atoms with E-state index in [4.69, 9.17) is 0 Å². The Hall–Kier alpha value is -0.470. The summed E-state index contributed by atoms with van der Waals surface area (Å²) in [6.07, 6.45) is 8.18. The zero-order chi connectivity index (χ0) is 12.8. The maximum absolute atomic E-state index is 4.27. The van der Waals surface area contributed by atoms with Gasteiger partial charge >= 0.3 is 0 Å². The second-order valence-electron chi connectivity index (χ2n) is 5.55. The topological polar surface area (TPSA) is 3.24 Å². The molecule has 1 saturated carbocycles. The van der Waals surface area contributed by atoms with Gasteiger partial charge in [-0.05, 0) is 43.4 Å². The van der Waals surface area contributed by atoms with Crippen molar-refractivity contribution in [3.05, 3.63) is 35.4 Å². The van der Waals surface area contributed by atoms with Gasteiger partial charge in [0, 0.05) is 12.4 Å². The van der Waals surface area contributed by atoms with Crippen molar-refractivity contribution in [2.24, 2.45) is 0 Å². The molecule has 0 unspecified atom stereocenters. The van der Waals surface area contributed by atoms with E-state index in [1.807, 2.05) is 0 Å². The molecule has 1 fully saturated rings. The van der Waals surface area contributed by atoms with Crippen LogP contribution in [0.4, 0.5) is 0 Å². The van der Waals surface area contributed by atoms with Gasteiger partial charge in [-0.25, -0.2) is 0 Å². The molecule has 100 valence electrons. The molecule has 0 atom stereocenters. The highest BCUT2D eigenvalue weighted by Crippen LogP contribution is 2.32. The smallest absolute Gasteiger partial charge is 0.0411 e.